The van der Waals surface area contributed by atoms with Crippen molar-refractivity contribution in [2.45, 2.75) is 25.2 Å². The molecule has 0 unspecified atom stereocenters. The zero-order chi connectivity index (χ0) is 25.6. The molecule has 4 aromatic rings. The van der Waals surface area contributed by atoms with Crippen LogP contribution in [-0.2, 0) is 10.2 Å². The maximum absolute atomic E-state index is 13.6. The fourth-order valence-corrected chi connectivity index (χ4v) is 4.41. The Hall–Kier alpha value is -4.40. The van der Waals surface area contributed by atoms with Gasteiger partial charge in [-0.15, -0.1) is 0 Å². The average molecular weight is 488 g/mol. The highest BCUT2D eigenvalue weighted by atomic mass is 19.1. The van der Waals surface area contributed by atoms with E-state index in [-0.39, 0.29) is 24.2 Å². The SMILES string of the molecule is C[C@H](CNC(=O)c1ccc2[nH]c(N)cc2c1)c1cc2c(c(-c3ccc(F)cc3)n1)OC[C@]2(C)C(N)=O. The number of carbonyl (C=O) groups excluding carboxylic acids is 2. The highest BCUT2D eigenvalue weighted by Crippen LogP contribution is 2.45. The van der Waals surface area contributed by atoms with Crippen LogP contribution in [0.15, 0.2) is 54.6 Å². The molecule has 6 N–H and O–H groups in total. The molecule has 9 heteroatoms. The first-order valence-corrected chi connectivity index (χ1v) is 11.6. The van der Waals surface area contributed by atoms with Gasteiger partial charge in [0.15, 0.2) is 0 Å². The van der Waals surface area contributed by atoms with Gasteiger partial charge >= 0.3 is 0 Å². The van der Waals surface area contributed by atoms with E-state index in [0.717, 1.165) is 10.9 Å². The van der Waals surface area contributed by atoms with Crippen molar-refractivity contribution in [3.63, 3.8) is 0 Å². The molecule has 2 aromatic carbocycles. The Morgan fingerprint density at radius 1 is 1.19 bits per heavy atom. The number of carbonyl (C=O) groups is 2. The predicted molar refractivity (Wildman–Crippen MR) is 135 cm³/mol. The number of aromatic nitrogens is 2. The second-order valence-electron chi connectivity index (χ2n) is 9.40. The van der Waals surface area contributed by atoms with E-state index >= 15 is 0 Å². The summed E-state index contributed by atoms with van der Waals surface area (Å²) in [7, 11) is 0. The molecule has 2 amide bonds. The number of anilines is 1. The van der Waals surface area contributed by atoms with Gasteiger partial charge in [-0.25, -0.2) is 9.37 Å². The topological polar surface area (TPSA) is 136 Å². The highest BCUT2D eigenvalue weighted by molar-refractivity contribution is 5.98. The molecule has 1 aliphatic heterocycles. The van der Waals surface area contributed by atoms with Gasteiger partial charge in [-0.3, -0.25) is 9.59 Å². The lowest BCUT2D eigenvalue weighted by molar-refractivity contribution is -0.123. The van der Waals surface area contributed by atoms with Crippen LogP contribution in [0.4, 0.5) is 10.2 Å². The number of primary amides is 1. The van der Waals surface area contributed by atoms with Gasteiger partial charge < -0.3 is 26.5 Å². The molecule has 0 radical (unpaired) electrons. The average Bonchev–Trinajstić information content (AvgIpc) is 3.41. The quantitative estimate of drug-likeness (QED) is 0.329. The first-order valence-electron chi connectivity index (χ1n) is 11.6. The zero-order valence-electron chi connectivity index (χ0n) is 19.9. The lowest BCUT2D eigenvalue weighted by atomic mass is 9.82. The third-order valence-electron chi connectivity index (χ3n) is 6.73. The number of aromatic amines is 1. The lowest BCUT2D eigenvalue weighted by Crippen LogP contribution is -2.39. The fourth-order valence-electron chi connectivity index (χ4n) is 4.41. The number of ether oxygens (including phenoxy) is 1. The van der Waals surface area contributed by atoms with Gasteiger partial charge in [-0.05, 0) is 61.5 Å². The first-order chi connectivity index (χ1) is 17.2. The van der Waals surface area contributed by atoms with E-state index in [1.165, 1.54) is 12.1 Å². The molecule has 0 aliphatic carbocycles. The third kappa shape index (κ3) is 4.02. The third-order valence-corrected chi connectivity index (χ3v) is 6.73. The van der Waals surface area contributed by atoms with Crippen LogP contribution in [0.1, 0.15) is 41.4 Å². The number of hydrogen-bond donors (Lipinski definition) is 4. The number of nitrogens with two attached hydrogens (primary N) is 2. The van der Waals surface area contributed by atoms with Gasteiger partial charge in [0, 0.05) is 45.7 Å². The van der Waals surface area contributed by atoms with Crippen LogP contribution in [0, 0.1) is 5.82 Å². The lowest BCUT2D eigenvalue weighted by Gasteiger charge is -2.20. The maximum atomic E-state index is 13.6. The molecule has 184 valence electrons. The number of rotatable bonds is 6. The molecule has 0 saturated carbocycles. The van der Waals surface area contributed by atoms with Crippen LogP contribution in [0.3, 0.4) is 0 Å². The van der Waals surface area contributed by atoms with Gasteiger partial charge in [0.25, 0.3) is 5.91 Å². The smallest absolute Gasteiger partial charge is 0.251 e. The fraction of sp³-hybridized carbons (Fsp3) is 0.222. The molecule has 0 saturated heterocycles. The molecule has 5 rings (SSSR count). The van der Waals surface area contributed by atoms with Crippen molar-refractivity contribution in [3.8, 4) is 17.0 Å². The molecule has 1 aliphatic rings. The monoisotopic (exact) mass is 487 g/mol. The summed E-state index contributed by atoms with van der Waals surface area (Å²) in [6.45, 7) is 4.05. The highest BCUT2D eigenvalue weighted by Gasteiger charge is 2.44. The van der Waals surface area contributed by atoms with E-state index in [0.29, 0.717) is 46.2 Å². The van der Waals surface area contributed by atoms with E-state index in [9.17, 15) is 14.0 Å². The normalized spacial score (nSPS) is 17.4. The van der Waals surface area contributed by atoms with Crippen molar-refractivity contribution >= 4 is 28.5 Å². The Kier molecular flexibility index (Phi) is 5.62. The number of benzene rings is 2. The predicted octanol–water partition coefficient (Wildman–Crippen LogP) is 3.62. The first kappa shape index (κ1) is 23.3. The Labute approximate surface area is 206 Å². The molecule has 2 aromatic heterocycles. The second kappa shape index (κ2) is 8.67. The maximum Gasteiger partial charge on any atom is 0.251 e. The molecular weight excluding hydrogens is 461 g/mol. The van der Waals surface area contributed by atoms with Crippen LogP contribution in [0.5, 0.6) is 5.75 Å². The van der Waals surface area contributed by atoms with Gasteiger partial charge in [0.2, 0.25) is 5.91 Å². The van der Waals surface area contributed by atoms with Gasteiger partial charge in [0.1, 0.15) is 35.1 Å². The summed E-state index contributed by atoms with van der Waals surface area (Å²) in [4.78, 5) is 33.0. The van der Waals surface area contributed by atoms with Crippen LogP contribution in [-0.4, -0.2) is 34.9 Å². The number of amides is 2. The number of nitrogens with one attached hydrogen (secondary N) is 2. The summed E-state index contributed by atoms with van der Waals surface area (Å²) in [6, 6.07) is 14.8. The molecule has 3 heterocycles. The summed E-state index contributed by atoms with van der Waals surface area (Å²) >= 11 is 0. The van der Waals surface area contributed by atoms with Crippen LogP contribution in [0.2, 0.25) is 0 Å². The summed E-state index contributed by atoms with van der Waals surface area (Å²) in [5.41, 5.74) is 14.3. The largest absolute Gasteiger partial charge is 0.489 e. The van der Waals surface area contributed by atoms with E-state index < -0.39 is 11.3 Å². The number of nitrogen functional groups attached to an aromatic ring is 1. The number of halogens is 1. The van der Waals surface area contributed by atoms with Gasteiger partial charge in [-0.2, -0.15) is 0 Å². The van der Waals surface area contributed by atoms with E-state index in [1.807, 2.05) is 19.1 Å². The minimum absolute atomic E-state index is 0.0915. The number of H-pyrrole nitrogens is 1. The Balaban J connectivity index is 1.44. The molecule has 2 atom stereocenters. The van der Waals surface area contributed by atoms with Crippen molar-refractivity contribution in [3.05, 3.63) is 77.2 Å². The standard InChI is InChI=1S/C27H26FN5O3/c1-14(12-31-25(34)16-5-8-20-17(9-16)10-22(29)32-20)21-11-19-24(36-13-27(19,2)26(30)35)23(33-21)15-3-6-18(28)7-4-15/h3-11,14,32H,12-13,29H2,1-2H3,(H2,30,35)(H,31,34)/t14-,27+/m1/s1. The van der Waals surface area contributed by atoms with Crippen molar-refractivity contribution < 1.29 is 18.7 Å². The van der Waals surface area contributed by atoms with Crippen molar-refractivity contribution in [2.75, 3.05) is 18.9 Å². The Morgan fingerprint density at radius 3 is 2.67 bits per heavy atom. The van der Waals surface area contributed by atoms with E-state index in [4.69, 9.17) is 21.2 Å². The zero-order valence-corrected chi connectivity index (χ0v) is 19.9. The molecule has 0 spiro atoms. The summed E-state index contributed by atoms with van der Waals surface area (Å²) in [5, 5.41) is 3.80. The van der Waals surface area contributed by atoms with Gasteiger partial charge in [0.05, 0.1) is 0 Å². The number of pyridine rings is 1. The van der Waals surface area contributed by atoms with Crippen molar-refractivity contribution in [2.24, 2.45) is 5.73 Å². The summed E-state index contributed by atoms with van der Waals surface area (Å²) < 4.78 is 19.4. The molecule has 0 fully saturated rings. The van der Waals surface area contributed by atoms with Crippen molar-refractivity contribution in [1.29, 1.82) is 0 Å². The number of hydrogen-bond acceptors (Lipinski definition) is 5. The molecule has 8 nitrogen and oxygen atoms in total. The minimum Gasteiger partial charge on any atom is -0.489 e. The summed E-state index contributed by atoms with van der Waals surface area (Å²) in [6.07, 6.45) is 0. The number of fused-ring (bicyclic) bond motifs is 2. The van der Waals surface area contributed by atoms with E-state index in [1.54, 1.807) is 37.3 Å². The Morgan fingerprint density at radius 2 is 1.94 bits per heavy atom. The summed E-state index contributed by atoms with van der Waals surface area (Å²) in [5.74, 6) is -0.322. The molecule has 0 bridgehead atoms. The molecule has 36 heavy (non-hydrogen) atoms. The van der Waals surface area contributed by atoms with E-state index in [2.05, 4.69) is 10.3 Å². The van der Waals surface area contributed by atoms with Crippen LogP contribution in [0.25, 0.3) is 22.2 Å². The molecular formula is C27H26FN5O3. The van der Waals surface area contributed by atoms with Gasteiger partial charge in [-0.1, -0.05) is 6.92 Å². The van der Waals surface area contributed by atoms with Crippen LogP contribution >= 0.6 is 0 Å². The number of nitrogens with zero attached hydrogens (tertiary/aromatic N) is 1. The second-order valence-corrected chi connectivity index (χ2v) is 9.40. The van der Waals surface area contributed by atoms with Crippen molar-refractivity contribution in [1.82, 2.24) is 15.3 Å². The van der Waals surface area contributed by atoms with Crippen LogP contribution < -0.4 is 21.5 Å². The minimum atomic E-state index is -1.03. The Bertz CT molecular complexity index is 1500.